The molecule has 11 heteroatoms. The van der Waals surface area contributed by atoms with Gasteiger partial charge in [-0.25, -0.2) is 9.48 Å². The molecule has 2 aliphatic heterocycles. The molecule has 0 bridgehead atoms. The van der Waals surface area contributed by atoms with Crippen molar-refractivity contribution in [3.63, 3.8) is 0 Å². The zero-order valence-electron chi connectivity index (χ0n) is 20.6. The third kappa shape index (κ3) is 4.30. The van der Waals surface area contributed by atoms with Crippen LogP contribution in [0.15, 0.2) is 42.5 Å². The lowest BCUT2D eigenvalue weighted by atomic mass is 9.96. The molecule has 9 nitrogen and oxygen atoms in total. The van der Waals surface area contributed by atoms with E-state index in [-0.39, 0.29) is 41.7 Å². The summed E-state index contributed by atoms with van der Waals surface area (Å²) >= 11 is 12.1. The Labute approximate surface area is 228 Å². The molecule has 1 aromatic heterocycles. The fraction of sp³-hybridized carbons (Fsp3) is 0.296. The largest absolute Gasteiger partial charge is 0.480 e. The standard InChI is InChI=1S/C27H23Cl2N5O4/c1-14-9-22-19(12-32(14)25(35)18-7-8-20(28)21(29)10-18)24-26(36)33(13-23(27(37)38)34(24)31-22)15(2)17-5-3-16(11-30)4-6-17/h3-8,10,14-15,23H,9,12-13H2,1-2H3,(H,37,38)/t14-,15?,23+/m1/s1. The summed E-state index contributed by atoms with van der Waals surface area (Å²) in [5, 5.41) is 24.3. The van der Waals surface area contributed by atoms with E-state index in [1.165, 1.54) is 15.6 Å². The van der Waals surface area contributed by atoms with E-state index in [0.29, 0.717) is 33.8 Å². The zero-order valence-corrected chi connectivity index (χ0v) is 22.1. The number of amides is 2. The molecule has 0 spiro atoms. The molecule has 0 radical (unpaired) electrons. The number of carboxylic acids is 1. The zero-order chi connectivity index (χ0) is 27.3. The average Bonchev–Trinajstić information content (AvgIpc) is 3.27. The molecule has 0 fully saturated rings. The smallest absolute Gasteiger partial charge is 0.330 e. The van der Waals surface area contributed by atoms with Crippen LogP contribution in [0, 0.1) is 11.3 Å². The monoisotopic (exact) mass is 551 g/mol. The van der Waals surface area contributed by atoms with Crippen molar-refractivity contribution < 1.29 is 19.5 Å². The Morgan fingerprint density at radius 3 is 2.50 bits per heavy atom. The molecule has 2 aliphatic rings. The number of carbonyl (C=O) groups excluding carboxylic acids is 2. The van der Waals surface area contributed by atoms with Gasteiger partial charge in [0.2, 0.25) is 0 Å². The van der Waals surface area contributed by atoms with E-state index in [1.807, 2.05) is 13.8 Å². The molecule has 0 saturated carbocycles. The molecule has 38 heavy (non-hydrogen) atoms. The van der Waals surface area contributed by atoms with Gasteiger partial charge in [0.25, 0.3) is 11.8 Å². The van der Waals surface area contributed by atoms with E-state index in [0.717, 1.165) is 5.56 Å². The maximum atomic E-state index is 13.9. The van der Waals surface area contributed by atoms with Crippen molar-refractivity contribution >= 4 is 41.0 Å². The fourth-order valence-corrected chi connectivity index (χ4v) is 5.39. The predicted molar refractivity (Wildman–Crippen MR) is 139 cm³/mol. The molecule has 3 aromatic rings. The second kappa shape index (κ2) is 9.78. The highest BCUT2D eigenvalue weighted by molar-refractivity contribution is 6.42. The van der Waals surface area contributed by atoms with Gasteiger partial charge in [-0.15, -0.1) is 0 Å². The summed E-state index contributed by atoms with van der Waals surface area (Å²) in [6.07, 6.45) is 0.368. The van der Waals surface area contributed by atoms with Crippen molar-refractivity contribution in [2.75, 3.05) is 6.54 Å². The third-order valence-electron chi connectivity index (χ3n) is 7.27. The summed E-state index contributed by atoms with van der Waals surface area (Å²) < 4.78 is 1.30. The molecule has 194 valence electrons. The first-order chi connectivity index (χ1) is 18.1. The molecule has 5 rings (SSSR count). The van der Waals surface area contributed by atoms with Gasteiger partial charge in [-0.3, -0.25) is 9.59 Å². The van der Waals surface area contributed by atoms with Crippen LogP contribution >= 0.6 is 23.2 Å². The molecule has 1 N–H and O–H groups in total. The van der Waals surface area contributed by atoms with Crippen LogP contribution < -0.4 is 0 Å². The van der Waals surface area contributed by atoms with Crippen molar-refractivity contribution in [1.82, 2.24) is 19.6 Å². The van der Waals surface area contributed by atoms with Crippen LogP contribution in [0.4, 0.5) is 0 Å². The van der Waals surface area contributed by atoms with E-state index >= 15 is 0 Å². The lowest BCUT2D eigenvalue weighted by Gasteiger charge is -2.37. The van der Waals surface area contributed by atoms with Gasteiger partial charge < -0.3 is 14.9 Å². The lowest BCUT2D eigenvalue weighted by Crippen LogP contribution is -2.47. The number of aromatic nitrogens is 2. The number of hydrogen-bond acceptors (Lipinski definition) is 5. The van der Waals surface area contributed by atoms with Gasteiger partial charge >= 0.3 is 5.97 Å². The second-order valence-corrected chi connectivity index (χ2v) is 10.4. The number of rotatable bonds is 4. The molecular formula is C27H23Cl2N5O4. The molecule has 0 saturated heterocycles. The molecule has 2 aromatic carbocycles. The molecule has 3 atom stereocenters. The van der Waals surface area contributed by atoms with Crippen molar-refractivity contribution in [2.24, 2.45) is 0 Å². The number of carbonyl (C=O) groups is 3. The van der Waals surface area contributed by atoms with Gasteiger partial charge in [0.1, 0.15) is 5.69 Å². The summed E-state index contributed by atoms with van der Waals surface area (Å²) in [5.74, 6) is -1.74. The number of halogens is 2. The van der Waals surface area contributed by atoms with Gasteiger partial charge in [0.15, 0.2) is 6.04 Å². The molecule has 0 aliphatic carbocycles. The number of fused-ring (bicyclic) bond motifs is 3. The number of carboxylic acid groups (broad SMARTS) is 1. The van der Waals surface area contributed by atoms with E-state index < -0.39 is 18.1 Å². The summed E-state index contributed by atoms with van der Waals surface area (Å²) in [7, 11) is 0. The molecular weight excluding hydrogens is 529 g/mol. The Balaban J connectivity index is 1.52. The van der Waals surface area contributed by atoms with Gasteiger partial charge in [0, 0.05) is 23.6 Å². The Hall–Kier alpha value is -3.87. The van der Waals surface area contributed by atoms with Crippen LogP contribution in [0.5, 0.6) is 0 Å². The van der Waals surface area contributed by atoms with Gasteiger partial charge in [0.05, 0.1) is 46.5 Å². The van der Waals surface area contributed by atoms with Crippen LogP contribution in [0.25, 0.3) is 0 Å². The summed E-state index contributed by atoms with van der Waals surface area (Å²) in [6, 6.07) is 11.8. The summed E-state index contributed by atoms with van der Waals surface area (Å²) in [6.45, 7) is 3.73. The van der Waals surface area contributed by atoms with Crippen molar-refractivity contribution in [3.8, 4) is 6.07 Å². The Morgan fingerprint density at radius 2 is 1.87 bits per heavy atom. The first-order valence-corrected chi connectivity index (χ1v) is 12.8. The normalized spacial score (nSPS) is 19.4. The van der Waals surface area contributed by atoms with E-state index in [1.54, 1.807) is 41.3 Å². The van der Waals surface area contributed by atoms with Crippen LogP contribution in [0.1, 0.15) is 69.2 Å². The molecule has 2 amide bonds. The van der Waals surface area contributed by atoms with Crippen molar-refractivity contribution in [2.45, 2.75) is 44.9 Å². The minimum atomic E-state index is -1.10. The average molecular weight is 552 g/mol. The molecule has 3 heterocycles. The fourth-order valence-electron chi connectivity index (χ4n) is 5.10. The van der Waals surface area contributed by atoms with E-state index in [4.69, 9.17) is 28.5 Å². The number of aliphatic carboxylic acids is 1. The maximum Gasteiger partial charge on any atom is 0.330 e. The lowest BCUT2D eigenvalue weighted by molar-refractivity contribution is -0.142. The SMILES string of the molecule is CC(c1ccc(C#N)cc1)N1C[C@@H](C(=O)O)n2nc3c(c2C1=O)CN(C(=O)c1ccc(Cl)c(Cl)c1)[C@H](C)C3. The van der Waals surface area contributed by atoms with Crippen LogP contribution in [-0.4, -0.2) is 55.1 Å². The van der Waals surface area contributed by atoms with E-state index in [2.05, 4.69) is 11.2 Å². The maximum absolute atomic E-state index is 13.9. The topological polar surface area (TPSA) is 120 Å². The van der Waals surface area contributed by atoms with Gasteiger partial charge in [-0.1, -0.05) is 35.3 Å². The first-order valence-electron chi connectivity index (χ1n) is 12.0. The predicted octanol–water partition coefficient (Wildman–Crippen LogP) is 4.49. The first kappa shape index (κ1) is 25.8. The quantitative estimate of drug-likeness (QED) is 0.510. The minimum absolute atomic E-state index is 0.0651. The van der Waals surface area contributed by atoms with E-state index in [9.17, 15) is 19.5 Å². The second-order valence-electron chi connectivity index (χ2n) is 9.55. The molecule has 1 unspecified atom stereocenters. The summed E-state index contributed by atoms with van der Waals surface area (Å²) in [4.78, 5) is 42.7. The summed E-state index contributed by atoms with van der Waals surface area (Å²) in [5.41, 5.74) is 2.96. The number of benzene rings is 2. The van der Waals surface area contributed by atoms with Crippen LogP contribution in [0.3, 0.4) is 0 Å². The highest BCUT2D eigenvalue weighted by Gasteiger charge is 2.43. The van der Waals surface area contributed by atoms with Crippen molar-refractivity contribution in [1.29, 1.82) is 5.26 Å². The third-order valence-corrected chi connectivity index (χ3v) is 8.01. The van der Waals surface area contributed by atoms with Crippen LogP contribution in [-0.2, 0) is 17.8 Å². The number of hydrogen-bond donors (Lipinski definition) is 1. The van der Waals surface area contributed by atoms with Crippen LogP contribution in [0.2, 0.25) is 10.0 Å². The minimum Gasteiger partial charge on any atom is -0.480 e. The van der Waals surface area contributed by atoms with Crippen molar-refractivity contribution in [3.05, 3.63) is 86.2 Å². The van der Waals surface area contributed by atoms with Gasteiger partial charge in [-0.2, -0.15) is 10.4 Å². The Morgan fingerprint density at radius 1 is 1.16 bits per heavy atom. The highest BCUT2D eigenvalue weighted by Crippen LogP contribution is 2.36. The Bertz CT molecular complexity index is 1510. The highest BCUT2D eigenvalue weighted by atomic mass is 35.5. The Kier molecular flexibility index (Phi) is 6.63. The van der Waals surface area contributed by atoms with Gasteiger partial charge in [-0.05, 0) is 49.7 Å². The number of nitriles is 1. The number of nitrogens with zero attached hydrogens (tertiary/aromatic N) is 5.